The molecule has 6 nitrogen and oxygen atoms in total. The number of likely N-dealkylation sites (N-methyl/N-ethyl adjacent to an activating group) is 1. The predicted molar refractivity (Wildman–Crippen MR) is 136 cm³/mol. The largest absolute Gasteiger partial charge is 0.302 e. The molecule has 0 aliphatic heterocycles. The number of fused-ring (bicyclic) bond motifs is 1. The summed E-state index contributed by atoms with van der Waals surface area (Å²) in [4.78, 5) is 22.1. The van der Waals surface area contributed by atoms with Gasteiger partial charge in [-0.1, -0.05) is 55.8 Å². The smallest absolute Gasteiger partial charge is 0.261 e. The number of halogens is 2. The summed E-state index contributed by atoms with van der Waals surface area (Å²) in [5, 5.41) is 1.13. The SMILES string of the molecule is CCN(CC)CCN(C(=O)c1ccccc1S(=O)(=O)CC)c1nc2ccc(Cl)cc2s1.Cl. The molecule has 0 bridgehead atoms. The number of sulfone groups is 1. The van der Waals surface area contributed by atoms with E-state index in [2.05, 4.69) is 23.7 Å². The lowest BCUT2D eigenvalue weighted by atomic mass is 10.2. The maximum Gasteiger partial charge on any atom is 0.261 e. The van der Waals surface area contributed by atoms with Crippen LogP contribution in [0.25, 0.3) is 10.2 Å². The van der Waals surface area contributed by atoms with Crippen molar-refractivity contribution in [3.8, 4) is 0 Å². The molecule has 0 fully saturated rings. The van der Waals surface area contributed by atoms with Crippen LogP contribution >= 0.6 is 35.3 Å². The molecule has 3 aromatic rings. The normalized spacial score (nSPS) is 11.5. The van der Waals surface area contributed by atoms with Gasteiger partial charge in [0.2, 0.25) is 0 Å². The molecule has 0 saturated heterocycles. The molecule has 2 aromatic carbocycles. The maximum atomic E-state index is 13.6. The van der Waals surface area contributed by atoms with Gasteiger partial charge in [0.1, 0.15) is 0 Å². The number of anilines is 1. The number of carbonyl (C=O) groups excluding carboxylic acids is 1. The van der Waals surface area contributed by atoms with Crippen LogP contribution in [0.15, 0.2) is 47.4 Å². The first-order valence-electron chi connectivity index (χ1n) is 10.2. The Balaban J connectivity index is 0.00000363. The van der Waals surface area contributed by atoms with Gasteiger partial charge in [-0.15, -0.1) is 12.4 Å². The van der Waals surface area contributed by atoms with Gasteiger partial charge in [-0.3, -0.25) is 9.69 Å². The van der Waals surface area contributed by atoms with Crippen molar-refractivity contribution in [3.63, 3.8) is 0 Å². The summed E-state index contributed by atoms with van der Waals surface area (Å²) in [6.07, 6.45) is 0. The zero-order valence-corrected chi connectivity index (χ0v) is 21.5. The monoisotopic (exact) mass is 515 g/mol. The van der Waals surface area contributed by atoms with Crippen molar-refractivity contribution >= 4 is 66.4 Å². The summed E-state index contributed by atoms with van der Waals surface area (Å²) < 4.78 is 26.1. The van der Waals surface area contributed by atoms with Gasteiger partial charge in [-0.05, 0) is 43.4 Å². The highest BCUT2D eigenvalue weighted by molar-refractivity contribution is 7.91. The average Bonchev–Trinajstić information content (AvgIpc) is 3.19. The lowest BCUT2D eigenvalue weighted by molar-refractivity contribution is 0.0980. The van der Waals surface area contributed by atoms with Gasteiger partial charge >= 0.3 is 0 Å². The molecule has 32 heavy (non-hydrogen) atoms. The molecule has 1 heterocycles. The molecule has 10 heteroatoms. The van der Waals surface area contributed by atoms with Crippen LogP contribution < -0.4 is 4.90 Å². The van der Waals surface area contributed by atoms with E-state index in [0.717, 1.165) is 23.3 Å². The third kappa shape index (κ3) is 5.80. The summed E-state index contributed by atoms with van der Waals surface area (Å²) in [6, 6.07) is 11.8. The fourth-order valence-corrected chi connectivity index (χ4v) is 5.64. The second-order valence-corrected chi connectivity index (χ2v) is 10.7. The molecule has 3 rings (SSSR count). The Kier molecular flexibility index (Phi) is 9.48. The van der Waals surface area contributed by atoms with Gasteiger partial charge < -0.3 is 4.90 Å². The number of rotatable bonds is 9. The first kappa shape index (κ1) is 26.5. The Morgan fingerprint density at radius 1 is 1.06 bits per heavy atom. The van der Waals surface area contributed by atoms with Crippen molar-refractivity contribution in [1.82, 2.24) is 9.88 Å². The van der Waals surface area contributed by atoms with E-state index in [-0.39, 0.29) is 34.5 Å². The molecule has 0 saturated carbocycles. The molecule has 0 unspecified atom stereocenters. The number of nitrogens with zero attached hydrogens (tertiary/aromatic N) is 3. The minimum Gasteiger partial charge on any atom is -0.302 e. The van der Waals surface area contributed by atoms with Crippen molar-refractivity contribution in [1.29, 1.82) is 0 Å². The Labute approximate surface area is 204 Å². The summed E-state index contributed by atoms with van der Waals surface area (Å²) >= 11 is 7.49. The molecule has 0 atom stereocenters. The number of amides is 1. The minimum absolute atomic E-state index is 0. The third-order valence-electron chi connectivity index (χ3n) is 5.18. The highest BCUT2D eigenvalue weighted by atomic mass is 35.5. The van der Waals surface area contributed by atoms with Gasteiger partial charge in [-0.2, -0.15) is 0 Å². The molecule has 0 spiro atoms. The molecule has 0 aliphatic carbocycles. The van der Waals surface area contributed by atoms with Crippen molar-refractivity contribution in [2.75, 3.05) is 36.8 Å². The average molecular weight is 517 g/mol. The van der Waals surface area contributed by atoms with Gasteiger partial charge in [-0.25, -0.2) is 13.4 Å². The van der Waals surface area contributed by atoms with Crippen LogP contribution in [0.5, 0.6) is 0 Å². The molecule has 1 amide bonds. The van der Waals surface area contributed by atoms with E-state index in [4.69, 9.17) is 11.6 Å². The van der Waals surface area contributed by atoms with Crippen LogP contribution in [0.4, 0.5) is 5.13 Å². The van der Waals surface area contributed by atoms with Crippen molar-refractivity contribution in [2.45, 2.75) is 25.7 Å². The standard InChI is InChI=1S/C22H26ClN3O3S2.ClH/c1-4-25(5-2)13-14-26(22-24-18-12-11-16(23)15-19(18)30-22)21(27)17-9-7-8-10-20(17)31(28,29)6-3;/h7-12,15H,4-6,13-14H2,1-3H3;1H. The Bertz CT molecular complexity index is 1180. The van der Waals surface area contributed by atoms with Crippen molar-refractivity contribution < 1.29 is 13.2 Å². The Morgan fingerprint density at radius 3 is 2.41 bits per heavy atom. The molecule has 0 N–H and O–H groups in total. The Morgan fingerprint density at radius 2 is 1.75 bits per heavy atom. The summed E-state index contributed by atoms with van der Waals surface area (Å²) in [5.41, 5.74) is 0.917. The zero-order chi connectivity index (χ0) is 22.6. The maximum absolute atomic E-state index is 13.6. The number of hydrogen-bond acceptors (Lipinski definition) is 6. The van der Waals surface area contributed by atoms with E-state index in [0.29, 0.717) is 23.2 Å². The van der Waals surface area contributed by atoms with Gasteiger partial charge in [0.25, 0.3) is 5.91 Å². The van der Waals surface area contributed by atoms with Gasteiger partial charge in [0.05, 0.1) is 26.4 Å². The van der Waals surface area contributed by atoms with E-state index in [1.165, 1.54) is 17.4 Å². The lowest BCUT2D eigenvalue weighted by Gasteiger charge is -2.25. The first-order chi connectivity index (χ1) is 14.8. The van der Waals surface area contributed by atoms with E-state index >= 15 is 0 Å². The summed E-state index contributed by atoms with van der Waals surface area (Å²) in [7, 11) is -3.55. The number of aromatic nitrogens is 1. The van der Waals surface area contributed by atoms with Crippen molar-refractivity contribution in [2.24, 2.45) is 0 Å². The van der Waals surface area contributed by atoms with Crippen LogP contribution in [0.3, 0.4) is 0 Å². The topological polar surface area (TPSA) is 70.6 Å². The second-order valence-electron chi connectivity index (χ2n) is 6.99. The Hall–Kier alpha value is -1.71. The fraction of sp³-hybridized carbons (Fsp3) is 0.364. The molecule has 0 radical (unpaired) electrons. The quantitative estimate of drug-likeness (QED) is 0.393. The molecular weight excluding hydrogens is 489 g/mol. The molecule has 1 aromatic heterocycles. The van der Waals surface area contributed by atoms with E-state index in [9.17, 15) is 13.2 Å². The van der Waals surface area contributed by atoms with Crippen LogP contribution in [-0.2, 0) is 9.84 Å². The third-order valence-corrected chi connectivity index (χ3v) is 8.24. The van der Waals surface area contributed by atoms with E-state index < -0.39 is 9.84 Å². The van der Waals surface area contributed by atoms with Gasteiger partial charge in [0, 0.05) is 18.1 Å². The number of thiazole rings is 1. The highest BCUT2D eigenvalue weighted by Gasteiger charge is 2.27. The highest BCUT2D eigenvalue weighted by Crippen LogP contribution is 2.32. The number of hydrogen-bond donors (Lipinski definition) is 0. The predicted octanol–water partition coefficient (Wildman–Crippen LogP) is 5.15. The fourth-order valence-electron chi connectivity index (χ4n) is 3.28. The molecule has 0 aliphatic rings. The zero-order valence-electron chi connectivity index (χ0n) is 18.2. The molecule has 174 valence electrons. The van der Waals surface area contributed by atoms with Crippen LogP contribution in [-0.4, -0.2) is 56.1 Å². The van der Waals surface area contributed by atoms with Crippen LogP contribution in [0.1, 0.15) is 31.1 Å². The van der Waals surface area contributed by atoms with Gasteiger partial charge in [0.15, 0.2) is 15.0 Å². The van der Waals surface area contributed by atoms with Crippen LogP contribution in [0.2, 0.25) is 5.02 Å². The number of carbonyl (C=O) groups is 1. The van der Waals surface area contributed by atoms with Crippen LogP contribution in [0, 0.1) is 0 Å². The second kappa shape index (κ2) is 11.4. The van der Waals surface area contributed by atoms with E-state index in [1.54, 1.807) is 36.1 Å². The number of benzene rings is 2. The summed E-state index contributed by atoms with van der Waals surface area (Å²) in [6.45, 7) is 8.47. The lowest BCUT2D eigenvalue weighted by Crippen LogP contribution is -2.39. The van der Waals surface area contributed by atoms with E-state index in [1.807, 2.05) is 12.1 Å². The minimum atomic E-state index is -3.55. The first-order valence-corrected chi connectivity index (χ1v) is 13.1. The summed E-state index contributed by atoms with van der Waals surface area (Å²) in [5.74, 6) is -0.443. The molecular formula is C22H27Cl2N3O3S2. The van der Waals surface area contributed by atoms with Crippen molar-refractivity contribution in [3.05, 3.63) is 53.1 Å².